The van der Waals surface area contributed by atoms with Gasteiger partial charge in [-0.05, 0) is 24.3 Å². The Morgan fingerprint density at radius 1 is 1.07 bits per heavy atom. The molecule has 0 spiro atoms. The largest absolute Gasteiger partial charge is 0.493 e. The molecule has 7 nitrogen and oxygen atoms in total. The third-order valence-corrected chi connectivity index (χ3v) is 5.35. The van der Waals surface area contributed by atoms with Crippen LogP contribution in [0.15, 0.2) is 73.6 Å². The van der Waals surface area contributed by atoms with Gasteiger partial charge in [-0.2, -0.15) is 0 Å². The number of fused-ring (bicyclic) bond motifs is 2. The van der Waals surface area contributed by atoms with E-state index in [1.807, 2.05) is 24.3 Å². The first-order valence-corrected chi connectivity index (χ1v) is 9.87. The molecular weight excluding hydrogens is 404 g/mol. The molecule has 2 aromatic carbocycles. The Balaban J connectivity index is 1.43. The summed E-state index contributed by atoms with van der Waals surface area (Å²) in [4.78, 5) is 29.3. The van der Waals surface area contributed by atoms with Gasteiger partial charge in [0.05, 0.1) is 18.4 Å². The van der Waals surface area contributed by atoms with Crippen LogP contribution in [0.25, 0.3) is 33.2 Å². The molecule has 0 atom stereocenters. The minimum Gasteiger partial charge on any atom is -0.493 e. The topological polar surface area (TPSA) is 94.6 Å². The molecule has 0 saturated carbocycles. The van der Waals surface area contributed by atoms with Gasteiger partial charge < -0.3 is 13.6 Å². The van der Waals surface area contributed by atoms with Crippen LogP contribution in [0.5, 0.6) is 5.75 Å². The minimum absolute atomic E-state index is 0.136. The molecule has 0 aliphatic heterocycles. The number of amides is 1. The molecule has 5 rings (SSSR count). The van der Waals surface area contributed by atoms with Gasteiger partial charge >= 0.3 is 5.63 Å². The van der Waals surface area contributed by atoms with Crippen molar-refractivity contribution in [1.82, 2.24) is 4.98 Å². The highest BCUT2D eigenvalue weighted by molar-refractivity contribution is 7.14. The summed E-state index contributed by atoms with van der Waals surface area (Å²) in [7, 11) is 1.54. The first-order valence-electron chi connectivity index (χ1n) is 8.99. The van der Waals surface area contributed by atoms with Crippen LogP contribution < -0.4 is 15.7 Å². The molecule has 0 fully saturated rings. The zero-order valence-corrected chi connectivity index (χ0v) is 16.5. The van der Waals surface area contributed by atoms with E-state index in [0.717, 1.165) is 10.8 Å². The summed E-state index contributed by atoms with van der Waals surface area (Å²) in [5.74, 6) is 0.238. The van der Waals surface area contributed by atoms with Crippen molar-refractivity contribution >= 4 is 44.3 Å². The summed E-state index contributed by atoms with van der Waals surface area (Å²) in [6, 6.07) is 16.0. The predicted molar refractivity (Wildman–Crippen MR) is 114 cm³/mol. The molecule has 3 heterocycles. The summed E-state index contributed by atoms with van der Waals surface area (Å²) in [5, 5.41) is 6.29. The van der Waals surface area contributed by atoms with Gasteiger partial charge in [0.1, 0.15) is 5.58 Å². The van der Waals surface area contributed by atoms with Crippen molar-refractivity contribution in [3.63, 3.8) is 0 Å². The van der Waals surface area contributed by atoms with Crippen LogP contribution >= 0.6 is 11.3 Å². The lowest BCUT2D eigenvalue weighted by Crippen LogP contribution is -2.10. The normalized spacial score (nSPS) is 11.1. The number of carbonyl (C=O) groups excluding carboxylic acids is 1. The van der Waals surface area contributed by atoms with E-state index in [1.165, 1.54) is 18.4 Å². The maximum atomic E-state index is 12.6. The number of anilines is 1. The molecule has 1 amide bonds. The van der Waals surface area contributed by atoms with E-state index in [2.05, 4.69) is 10.3 Å². The van der Waals surface area contributed by atoms with Gasteiger partial charge in [-0.1, -0.05) is 30.3 Å². The number of thiazole rings is 1. The molecule has 0 bridgehead atoms. The first kappa shape index (κ1) is 18.1. The summed E-state index contributed by atoms with van der Waals surface area (Å²) in [6.07, 6.45) is 0. The Morgan fingerprint density at radius 3 is 2.77 bits per heavy atom. The standard InChI is InChI=1S/C22H14N2O5S/c1-27-17-8-4-6-13-10-18(28-19(13)17)20(25)24-22-23-15(11-30-22)14-9-12-5-2-3-7-16(12)29-21(14)26/h2-11H,1H3,(H,23,24,25). The fraction of sp³-hybridized carbons (Fsp3) is 0.0455. The molecule has 148 valence electrons. The van der Waals surface area contributed by atoms with Crippen LogP contribution in [0.2, 0.25) is 0 Å². The summed E-state index contributed by atoms with van der Waals surface area (Å²) < 4.78 is 16.3. The van der Waals surface area contributed by atoms with Gasteiger partial charge in [0.2, 0.25) is 0 Å². The third-order valence-electron chi connectivity index (χ3n) is 4.59. The molecule has 0 aliphatic rings. The number of methoxy groups -OCH3 is 1. The Hall–Kier alpha value is -3.91. The number of rotatable bonds is 4. The Kier molecular flexibility index (Phi) is 4.33. The lowest BCUT2D eigenvalue weighted by Gasteiger charge is -2.00. The number of nitrogens with zero attached hydrogens (tertiary/aromatic N) is 1. The third kappa shape index (κ3) is 3.13. The van der Waals surface area contributed by atoms with Crippen LogP contribution in [-0.2, 0) is 0 Å². The molecule has 0 radical (unpaired) electrons. The SMILES string of the molecule is COc1cccc2cc(C(=O)Nc3nc(-c4cc5ccccc5oc4=O)cs3)oc12. The van der Waals surface area contributed by atoms with Gasteiger partial charge in [-0.15, -0.1) is 11.3 Å². The Morgan fingerprint density at radius 2 is 1.90 bits per heavy atom. The summed E-state index contributed by atoms with van der Waals surface area (Å²) in [5.41, 5.74) is 1.29. The molecule has 0 aliphatic carbocycles. The zero-order chi connectivity index (χ0) is 20.7. The van der Waals surface area contributed by atoms with E-state index in [1.54, 1.807) is 35.7 Å². The number of hydrogen-bond donors (Lipinski definition) is 1. The van der Waals surface area contributed by atoms with E-state index in [4.69, 9.17) is 13.6 Å². The van der Waals surface area contributed by atoms with Crippen LogP contribution in [0.4, 0.5) is 5.13 Å². The molecule has 30 heavy (non-hydrogen) atoms. The number of furan rings is 1. The van der Waals surface area contributed by atoms with Crippen LogP contribution in [0.3, 0.4) is 0 Å². The average molecular weight is 418 g/mol. The molecule has 0 unspecified atom stereocenters. The van der Waals surface area contributed by atoms with Crippen molar-refractivity contribution in [1.29, 1.82) is 0 Å². The van der Waals surface area contributed by atoms with Gasteiger partial charge in [0.15, 0.2) is 22.2 Å². The number of hydrogen-bond acceptors (Lipinski definition) is 7. The van der Waals surface area contributed by atoms with Crippen molar-refractivity contribution in [2.24, 2.45) is 0 Å². The summed E-state index contributed by atoms with van der Waals surface area (Å²) >= 11 is 1.21. The van der Waals surface area contributed by atoms with Gasteiger partial charge in [0.25, 0.3) is 5.91 Å². The van der Waals surface area contributed by atoms with E-state index >= 15 is 0 Å². The quantitative estimate of drug-likeness (QED) is 0.416. The molecular formula is C22H14N2O5S. The fourth-order valence-corrected chi connectivity index (χ4v) is 3.87. The summed E-state index contributed by atoms with van der Waals surface area (Å²) in [6.45, 7) is 0. The van der Waals surface area contributed by atoms with Gasteiger partial charge in [-0.25, -0.2) is 9.78 Å². The van der Waals surface area contributed by atoms with Crippen molar-refractivity contribution < 1.29 is 18.4 Å². The fourth-order valence-electron chi connectivity index (χ4n) is 3.16. The number of nitrogens with one attached hydrogen (secondary N) is 1. The molecule has 1 N–H and O–H groups in total. The second-order valence-electron chi connectivity index (χ2n) is 6.47. The van der Waals surface area contributed by atoms with E-state index in [0.29, 0.717) is 33.3 Å². The minimum atomic E-state index is -0.485. The maximum Gasteiger partial charge on any atom is 0.345 e. The number of aromatic nitrogens is 1. The van der Waals surface area contributed by atoms with Crippen molar-refractivity contribution in [3.05, 3.63) is 76.2 Å². The highest BCUT2D eigenvalue weighted by Crippen LogP contribution is 2.30. The highest BCUT2D eigenvalue weighted by atomic mass is 32.1. The number of benzene rings is 2. The van der Waals surface area contributed by atoms with Crippen molar-refractivity contribution in [2.45, 2.75) is 0 Å². The highest BCUT2D eigenvalue weighted by Gasteiger charge is 2.17. The van der Waals surface area contributed by atoms with E-state index in [9.17, 15) is 9.59 Å². The van der Waals surface area contributed by atoms with E-state index in [-0.39, 0.29) is 5.76 Å². The maximum absolute atomic E-state index is 12.6. The lowest BCUT2D eigenvalue weighted by atomic mass is 10.1. The van der Waals surface area contributed by atoms with Gasteiger partial charge in [-0.3, -0.25) is 10.1 Å². The van der Waals surface area contributed by atoms with Crippen LogP contribution in [0.1, 0.15) is 10.6 Å². The predicted octanol–water partition coefficient (Wildman–Crippen LogP) is 4.92. The smallest absolute Gasteiger partial charge is 0.345 e. The van der Waals surface area contributed by atoms with Crippen LogP contribution in [0, 0.1) is 0 Å². The Labute approximate surface area is 173 Å². The number of ether oxygens (including phenoxy) is 1. The molecule has 8 heteroatoms. The molecule has 5 aromatic rings. The number of carbonyl (C=O) groups is 1. The zero-order valence-electron chi connectivity index (χ0n) is 15.7. The van der Waals surface area contributed by atoms with Crippen molar-refractivity contribution in [3.8, 4) is 17.0 Å². The second kappa shape index (κ2) is 7.16. The molecule has 3 aromatic heterocycles. The van der Waals surface area contributed by atoms with Gasteiger partial charge in [0, 0.05) is 16.2 Å². The first-order chi connectivity index (χ1) is 14.6. The van der Waals surface area contributed by atoms with Crippen LogP contribution in [-0.4, -0.2) is 18.0 Å². The van der Waals surface area contributed by atoms with Crippen molar-refractivity contribution in [2.75, 3.05) is 12.4 Å². The average Bonchev–Trinajstić information content (AvgIpc) is 3.40. The second-order valence-corrected chi connectivity index (χ2v) is 7.32. The molecule has 0 saturated heterocycles. The Bertz CT molecular complexity index is 1460. The number of para-hydroxylation sites is 2. The van der Waals surface area contributed by atoms with E-state index < -0.39 is 11.5 Å². The lowest BCUT2D eigenvalue weighted by molar-refractivity contribution is 0.0998. The monoisotopic (exact) mass is 418 g/mol.